The van der Waals surface area contributed by atoms with E-state index in [4.69, 9.17) is 0 Å². The number of hydrogen-bond donors (Lipinski definition) is 0. The predicted octanol–water partition coefficient (Wildman–Crippen LogP) is 7.09. The first-order valence-corrected chi connectivity index (χ1v) is 14.0. The Bertz CT molecular complexity index is 1420. The predicted molar refractivity (Wildman–Crippen MR) is 148 cm³/mol. The minimum absolute atomic E-state index is 0.0331. The summed E-state index contributed by atoms with van der Waals surface area (Å²) in [4.78, 5) is 27.1. The monoisotopic (exact) mass is 493 g/mol. The number of carbonyl (C=O) groups excluding carboxylic acids is 2. The van der Waals surface area contributed by atoms with Crippen LogP contribution in [0.4, 0.5) is 0 Å². The molecule has 0 aliphatic heterocycles. The van der Waals surface area contributed by atoms with Crippen molar-refractivity contribution in [3.8, 4) is 0 Å². The SMILES string of the molecule is CCCCCCCCCC[n+]1cn(CCc2ccc3ccccc3c2)c2c1C(=O)c1ccccc1C2=O. The van der Waals surface area contributed by atoms with Crippen molar-refractivity contribution < 1.29 is 14.2 Å². The lowest BCUT2D eigenvalue weighted by Gasteiger charge is -2.13. The molecule has 5 rings (SSSR count). The molecule has 0 saturated carbocycles. The van der Waals surface area contributed by atoms with E-state index in [1.54, 1.807) is 12.1 Å². The summed E-state index contributed by atoms with van der Waals surface area (Å²) < 4.78 is 4.06. The lowest BCUT2D eigenvalue weighted by Crippen LogP contribution is -2.40. The van der Waals surface area contributed by atoms with Gasteiger partial charge in [0.15, 0.2) is 0 Å². The zero-order valence-corrected chi connectivity index (χ0v) is 21.9. The Balaban J connectivity index is 1.35. The molecule has 4 aromatic rings. The molecule has 0 saturated heterocycles. The number of ketones is 2. The van der Waals surface area contributed by atoms with Crippen LogP contribution in [0.5, 0.6) is 0 Å². The summed E-state index contributed by atoms with van der Waals surface area (Å²) >= 11 is 0. The van der Waals surface area contributed by atoms with Gasteiger partial charge >= 0.3 is 0 Å². The van der Waals surface area contributed by atoms with E-state index in [9.17, 15) is 9.59 Å². The number of aromatic nitrogens is 2. The molecule has 3 aromatic carbocycles. The summed E-state index contributed by atoms with van der Waals surface area (Å²) in [5.41, 5.74) is 3.38. The van der Waals surface area contributed by atoms with Crippen molar-refractivity contribution in [2.75, 3.05) is 0 Å². The topological polar surface area (TPSA) is 43.0 Å². The van der Waals surface area contributed by atoms with Crippen molar-refractivity contribution in [3.63, 3.8) is 0 Å². The maximum atomic E-state index is 13.6. The van der Waals surface area contributed by atoms with Gasteiger partial charge in [0, 0.05) is 17.5 Å². The van der Waals surface area contributed by atoms with Gasteiger partial charge in [0.05, 0.1) is 13.1 Å². The van der Waals surface area contributed by atoms with E-state index in [1.807, 2.05) is 27.6 Å². The molecule has 1 aliphatic carbocycles. The molecule has 0 N–H and O–H groups in total. The Hall–Kier alpha value is -3.53. The minimum Gasteiger partial charge on any atom is -0.284 e. The fraction of sp³-hybridized carbons (Fsp3) is 0.364. The molecule has 1 heterocycles. The molecule has 4 nitrogen and oxygen atoms in total. The molecule has 0 unspecified atom stereocenters. The van der Waals surface area contributed by atoms with Gasteiger partial charge in [-0.25, -0.2) is 9.13 Å². The van der Waals surface area contributed by atoms with Crippen LogP contribution < -0.4 is 4.57 Å². The van der Waals surface area contributed by atoms with Gasteiger partial charge in [0.2, 0.25) is 29.3 Å². The highest BCUT2D eigenvalue weighted by Crippen LogP contribution is 2.26. The smallest absolute Gasteiger partial charge is 0.244 e. The van der Waals surface area contributed by atoms with Crippen molar-refractivity contribution in [1.82, 2.24) is 4.57 Å². The van der Waals surface area contributed by atoms with E-state index in [0.29, 0.717) is 29.1 Å². The highest BCUT2D eigenvalue weighted by molar-refractivity contribution is 6.26. The molecular formula is C33H37N2O2+. The Morgan fingerprint density at radius 2 is 1.35 bits per heavy atom. The highest BCUT2D eigenvalue weighted by Gasteiger charge is 2.40. The lowest BCUT2D eigenvalue weighted by molar-refractivity contribution is -0.698. The maximum Gasteiger partial charge on any atom is 0.244 e. The van der Waals surface area contributed by atoms with E-state index < -0.39 is 0 Å². The third kappa shape index (κ3) is 5.44. The van der Waals surface area contributed by atoms with Crippen LogP contribution in [0, 0.1) is 0 Å². The first kappa shape index (κ1) is 25.1. The van der Waals surface area contributed by atoms with Crippen molar-refractivity contribution in [3.05, 3.63) is 101 Å². The van der Waals surface area contributed by atoms with E-state index >= 15 is 0 Å². The summed E-state index contributed by atoms with van der Waals surface area (Å²) in [7, 11) is 0. The third-order valence-electron chi connectivity index (χ3n) is 7.63. The van der Waals surface area contributed by atoms with Crippen molar-refractivity contribution in [2.45, 2.75) is 77.8 Å². The molecule has 0 radical (unpaired) electrons. The first-order valence-electron chi connectivity index (χ1n) is 14.0. The Labute approximate surface area is 220 Å². The van der Waals surface area contributed by atoms with Crippen LogP contribution in [0.2, 0.25) is 0 Å². The summed E-state index contributed by atoms with van der Waals surface area (Å²) in [6.45, 7) is 3.67. The van der Waals surface area contributed by atoms with Gasteiger partial charge in [-0.2, -0.15) is 0 Å². The molecule has 0 atom stereocenters. The van der Waals surface area contributed by atoms with Gasteiger partial charge in [0.25, 0.3) is 0 Å². The van der Waals surface area contributed by atoms with Crippen LogP contribution in [-0.2, 0) is 19.5 Å². The molecule has 0 fully saturated rings. The second kappa shape index (κ2) is 11.7. The zero-order chi connectivity index (χ0) is 25.6. The van der Waals surface area contributed by atoms with Crippen molar-refractivity contribution >= 4 is 22.3 Å². The highest BCUT2D eigenvalue weighted by atomic mass is 16.1. The van der Waals surface area contributed by atoms with Crippen molar-refractivity contribution in [2.24, 2.45) is 0 Å². The number of nitrogens with zero attached hydrogens (tertiary/aromatic N) is 2. The molecular weight excluding hydrogens is 456 g/mol. The maximum absolute atomic E-state index is 13.6. The van der Waals surface area contributed by atoms with Crippen LogP contribution in [0.15, 0.2) is 73.1 Å². The van der Waals surface area contributed by atoms with Gasteiger partial charge in [-0.1, -0.05) is 112 Å². The summed E-state index contributed by atoms with van der Waals surface area (Å²) in [6.07, 6.45) is 12.7. The average Bonchev–Trinajstić information content (AvgIpc) is 3.30. The van der Waals surface area contributed by atoms with Crippen LogP contribution in [-0.4, -0.2) is 16.1 Å². The lowest BCUT2D eigenvalue weighted by atomic mass is 9.90. The molecule has 37 heavy (non-hydrogen) atoms. The van der Waals surface area contributed by atoms with Crippen LogP contribution >= 0.6 is 0 Å². The summed E-state index contributed by atoms with van der Waals surface area (Å²) in [5, 5.41) is 2.45. The standard InChI is InChI=1S/C33H37N2O2/c1-2-3-4-5-6-7-8-13-21-34-24-35(22-20-25-18-19-26-14-9-10-15-27(26)23-25)31-30(34)32(36)28-16-11-12-17-29(28)33(31)37/h9-12,14-19,23-24H,2-8,13,20-22H2,1H3/q+1. The number of benzene rings is 3. The number of hydrogen-bond acceptors (Lipinski definition) is 2. The zero-order valence-electron chi connectivity index (χ0n) is 21.9. The quantitative estimate of drug-likeness (QED) is 0.138. The number of aryl methyl sites for hydroxylation is 3. The number of unbranched alkanes of at least 4 members (excludes halogenated alkanes) is 7. The molecule has 0 bridgehead atoms. The van der Waals surface area contributed by atoms with E-state index in [2.05, 4.69) is 49.4 Å². The fourth-order valence-electron chi connectivity index (χ4n) is 5.56. The van der Waals surface area contributed by atoms with Crippen molar-refractivity contribution in [1.29, 1.82) is 0 Å². The average molecular weight is 494 g/mol. The van der Waals surface area contributed by atoms with E-state index in [0.717, 1.165) is 25.8 Å². The fourth-order valence-corrected chi connectivity index (χ4v) is 5.56. The minimum atomic E-state index is -0.0432. The van der Waals surface area contributed by atoms with Gasteiger partial charge in [-0.3, -0.25) is 9.59 Å². The molecule has 4 heteroatoms. The third-order valence-corrected chi connectivity index (χ3v) is 7.63. The molecule has 0 spiro atoms. The first-order chi connectivity index (χ1) is 18.2. The molecule has 1 aromatic heterocycles. The normalized spacial score (nSPS) is 12.7. The van der Waals surface area contributed by atoms with Gasteiger partial charge in [-0.15, -0.1) is 0 Å². The van der Waals surface area contributed by atoms with E-state index in [1.165, 1.54) is 54.9 Å². The number of fused-ring (bicyclic) bond motifs is 3. The Kier molecular flexibility index (Phi) is 7.93. The Morgan fingerprint density at radius 1 is 0.703 bits per heavy atom. The van der Waals surface area contributed by atoms with Gasteiger partial charge in [-0.05, 0) is 29.2 Å². The second-order valence-electron chi connectivity index (χ2n) is 10.3. The van der Waals surface area contributed by atoms with Crippen LogP contribution in [0.25, 0.3) is 10.8 Å². The molecule has 190 valence electrons. The summed E-state index contributed by atoms with van der Waals surface area (Å²) in [5.74, 6) is -0.0763. The van der Waals surface area contributed by atoms with E-state index in [-0.39, 0.29) is 11.6 Å². The molecule has 0 amide bonds. The number of imidazole rings is 1. The number of rotatable bonds is 12. The largest absolute Gasteiger partial charge is 0.284 e. The van der Waals surface area contributed by atoms with Crippen LogP contribution in [0.3, 0.4) is 0 Å². The van der Waals surface area contributed by atoms with Crippen LogP contribution in [0.1, 0.15) is 96.0 Å². The summed E-state index contributed by atoms with van der Waals surface area (Å²) in [6, 6.07) is 22.2. The Morgan fingerprint density at radius 3 is 2.11 bits per heavy atom. The second-order valence-corrected chi connectivity index (χ2v) is 10.3. The van der Waals surface area contributed by atoms with Gasteiger partial charge < -0.3 is 0 Å². The number of carbonyl (C=O) groups is 2. The molecule has 1 aliphatic rings. The van der Waals surface area contributed by atoms with Gasteiger partial charge in [0.1, 0.15) is 0 Å².